The van der Waals surface area contributed by atoms with Gasteiger partial charge in [0.1, 0.15) is 5.02 Å². The Morgan fingerprint density at radius 3 is 1.94 bits per heavy atom. The third-order valence-corrected chi connectivity index (χ3v) is 4.63. The highest BCUT2D eigenvalue weighted by molar-refractivity contribution is 6.34. The normalized spacial score (nSPS) is 13.1. The van der Waals surface area contributed by atoms with Crippen LogP contribution in [-0.2, 0) is 25.1 Å². The van der Waals surface area contributed by atoms with Gasteiger partial charge in [0.2, 0.25) is 5.95 Å². The predicted octanol–water partition coefficient (Wildman–Crippen LogP) is 7.01. The molecule has 32 heavy (non-hydrogen) atoms. The summed E-state index contributed by atoms with van der Waals surface area (Å²) in [5, 5.41) is -0.662. The Morgan fingerprint density at radius 2 is 1.50 bits per heavy atom. The zero-order chi connectivity index (χ0) is 24.8. The molecule has 2 aromatic rings. The SMILES string of the molecule is CC(C)Cn1c(Nc2cc(C(F)(F)F)cc(C(F)(F)F)c2Cl)nc(C(F)(F)F)c(Cl)c1=O. The Hall–Kier alpha value is -2.15. The number of nitrogens with one attached hydrogen (secondary N) is 1. The summed E-state index contributed by atoms with van der Waals surface area (Å²) in [7, 11) is 0. The van der Waals surface area contributed by atoms with Crippen LogP contribution in [0.2, 0.25) is 10.0 Å². The first kappa shape index (κ1) is 26.1. The first-order valence-electron chi connectivity index (χ1n) is 8.46. The highest BCUT2D eigenvalue weighted by Gasteiger charge is 2.41. The van der Waals surface area contributed by atoms with Gasteiger partial charge >= 0.3 is 18.5 Å². The molecule has 0 saturated carbocycles. The molecule has 178 valence electrons. The zero-order valence-electron chi connectivity index (χ0n) is 15.9. The van der Waals surface area contributed by atoms with Crippen LogP contribution in [-0.4, -0.2) is 9.55 Å². The van der Waals surface area contributed by atoms with Crippen LogP contribution in [0.15, 0.2) is 16.9 Å². The Labute approximate surface area is 184 Å². The minimum atomic E-state index is -5.32. The van der Waals surface area contributed by atoms with Gasteiger partial charge in [0, 0.05) is 6.54 Å². The van der Waals surface area contributed by atoms with Crippen molar-refractivity contribution in [2.75, 3.05) is 5.32 Å². The fourth-order valence-electron chi connectivity index (χ4n) is 2.55. The van der Waals surface area contributed by atoms with Gasteiger partial charge in [-0.1, -0.05) is 37.0 Å². The molecule has 15 heteroatoms. The summed E-state index contributed by atoms with van der Waals surface area (Å²) in [5.41, 5.74) is -8.00. The number of rotatable bonds is 4. The molecule has 0 spiro atoms. The molecule has 0 atom stereocenters. The predicted molar refractivity (Wildman–Crippen MR) is 98.1 cm³/mol. The second kappa shape index (κ2) is 8.65. The molecule has 1 N–H and O–H groups in total. The van der Waals surface area contributed by atoms with Gasteiger partial charge in [-0.2, -0.15) is 39.5 Å². The summed E-state index contributed by atoms with van der Waals surface area (Å²) in [4.78, 5) is 15.5. The van der Waals surface area contributed by atoms with E-state index in [1.807, 2.05) is 5.32 Å². The third-order valence-electron chi connectivity index (χ3n) is 3.88. The van der Waals surface area contributed by atoms with Crippen molar-refractivity contribution in [3.05, 3.63) is 49.4 Å². The van der Waals surface area contributed by atoms with E-state index >= 15 is 0 Å². The van der Waals surface area contributed by atoms with E-state index in [2.05, 4.69) is 4.98 Å². The van der Waals surface area contributed by atoms with E-state index in [1.54, 1.807) is 13.8 Å². The second-order valence-electron chi connectivity index (χ2n) is 6.91. The van der Waals surface area contributed by atoms with Gasteiger partial charge in [-0.15, -0.1) is 0 Å². The van der Waals surface area contributed by atoms with E-state index in [4.69, 9.17) is 23.2 Å². The van der Waals surface area contributed by atoms with Crippen LogP contribution in [0.4, 0.5) is 51.1 Å². The van der Waals surface area contributed by atoms with Crippen LogP contribution in [0.5, 0.6) is 0 Å². The van der Waals surface area contributed by atoms with Crippen molar-refractivity contribution in [3.8, 4) is 0 Å². The van der Waals surface area contributed by atoms with E-state index in [-0.39, 0.29) is 18.7 Å². The molecule has 0 radical (unpaired) electrons. The average Bonchev–Trinajstić information content (AvgIpc) is 2.59. The lowest BCUT2D eigenvalue weighted by molar-refractivity contribution is -0.143. The molecule has 0 amide bonds. The first-order valence-corrected chi connectivity index (χ1v) is 9.22. The Bertz CT molecular complexity index is 1070. The number of anilines is 2. The molecule has 1 aromatic heterocycles. The van der Waals surface area contributed by atoms with Gasteiger partial charge in [-0.25, -0.2) is 4.98 Å². The fourth-order valence-corrected chi connectivity index (χ4v) is 3.07. The van der Waals surface area contributed by atoms with E-state index in [0.29, 0.717) is 4.57 Å². The summed E-state index contributed by atoms with van der Waals surface area (Å²) < 4.78 is 119. The summed E-state index contributed by atoms with van der Waals surface area (Å²) in [6.45, 7) is 2.77. The number of alkyl halides is 9. The van der Waals surface area contributed by atoms with Gasteiger partial charge in [0.25, 0.3) is 5.56 Å². The molecular weight excluding hydrogens is 504 g/mol. The molecule has 0 saturated heterocycles. The van der Waals surface area contributed by atoms with E-state index in [1.165, 1.54) is 0 Å². The van der Waals surface area contributed by atoms with Crippen molar-refractivity contribution in [3.63, 3.8) is 0 Å². The molecular formula is C17H12Cl2F9N3O. The monoisotopic (exact) mass is 515 g/mol. The maximum atomic E-state index is 13.2. The lowest BCUT2D eigenvalue weighted by Gasteiger charge is -2.21. The lowest BCUT2D eigenvalue weighted by atomic mass is 10.1. The number of hydrogen-bond acceptors (Lipinski definition) is 3. The minimum absolute atomic E-state index is 0.158. The van der Waals surface area contributed by atoms with Gasteiger partial charge in [-0.3, -0.25) is 9.36 Å². The maximum absolute atomic E-state index is 13.2. The smallest absolute Gasteiger partial charge is 0.324 e. The molecule has 1 heterocycles. The number of benzene rings is 1. The topological polar surface area (TPSA) is 46.9 Å². The Balaban J connectivity index is 2.83. The van der Waals surface area contributed by atoms with Gasteiger partial charge in [0.05, 0.1) is 21.8 Å². The Morgan fingerprint density at radius 1 is 0.938 bits per heavy atom. The Kier molecular flexibility index (Phi) is 7.06. The van der Waals surface area contributed by atoms with Crippen molar-refractivity contribution < 1.29 is 39.5 Å². The van der Waals surface area contributed by atoms with E-state index in [9.17, 15) is 44.3 Å². The highest BCUT2D eigenvalue weighted by atomic mass is 35.5. The molecule has 0 aliphatic heterocycles. The van der Waals surface area contributed by atoms with Crippen LogP contribution in [0.3, 0.4) is 0 Å². The molecule has 0 unspecified atom stereocenters. The van der Waals surface area contributed by atoms with Gasteiger partial charge in [0.15, 0.2) is 5.69 Å². The summed E-state index contributed by atoms with van der Waals surface area (Å²) in [6, 6.07) is -0.0868. The van der Waals surface area contributed by atoms with Crippen LogP contribution in [0.1, 0.15) is 30.7 Å². The minimum Gasteiger partial charge on any atom is -0.324 e. The molecule has 0 fully saturated rings. The summed E-state index contributed by atoms with van der Waals surface area (Å²) in [6.07, 6.45) is -15.8. The molecule has 1 aromatic carbocycles. The van der Waals surface area contributed by atoms with Crippen molar-refractivity contribution in [1.29, 1.82) is 0 Å². The quantitative estimate of drug-likeness (QED) is 0.445. The standard InChI is InChI=1S/C17H12Cl2F9N3O/c1-6(2)5-31-13(32)11(19)12(17(26,27)28)30-14(31)29-9-4-7(15(20,21)22)3-8(10(9)18)16(23,24)25/h3-4,6H,5H2,1-2H3,(H,29,30). The lowest BCUT2D eigenvalue weighted by Crippen LogP contribution is -2.30. The number of halogens is 11. The first-order chi connectivity index (χ1) is 14.3. The van der Waals surface area contributed by atoms with Gasteiger partial charge < -0.3 is 5.32 Å². The summed E-state index contributed by atoms with van der Waals surface area (Å²) >= 11 is 11.1. The number of nitrogens with zero attached hydrogens (tertiary/aromatic N) is 2. The third kappa shape index (κ3) is 5.61. The van der Waals surface area contributed by atoms with Crippen molar-refractivity contribution in [2.24, 2.45) is 5.92 Å². The zero-order valence-corrected chi connectivity index (χ0v) is 17.4. The molecule has 2 rings (SSSR count). The van der Waals surface area contributed by atoms with E-state index in [0.717, 1.165) is 0 Å². The fraction of sp³-hybridized carbons (Fsp3) is 0.412. The van der Waals surface area contributed by atoms with Crippen molar-refractivity contribution in [2.45, 2.75) is 38.9 Å². The van der Waals surface area contributed by atoms with Crippen LogP contribution in [0, 0.1) is 5.92 Å². The highest BCUT2D eigenvalue weighted by Crippen LogP contribution is 2.43. The second-order valence-corrected chi connectivity index (χ2v) is 7.67. The molecule has 0 aliphatic rings. The van der Waals surface area contributed by atoms with Crippen LogP contribution in [0.25, 0.3) is 0 Å². The largest absolute Gasteiger partial charge is 0.435 e. The maximum Gasteiger partial charge on any atom is 0.435 e. The molecule has 0 bridgehead atoms. The average molecular weight is 516 g/mol. The van der Waals surface area contributed by atoms with E-state index < -0.39 is 68.5 Å². The van der Waals surface area contributed by atoms with Crippen molar-refractivity contribution in [1.82, 2.24) is 9.55 Å². The van der Waals surface area contributed by atoms with Crippen LogP contribution >= 0.6 is 23.2 Å². The number of aromatic nitrogens is 2. The van der Waals surface area contributed by atoms with Crippen molar-refractivity contribution >= 4 is 34.8 Å². The van der Waals surface area contributed by atoms with Gasteiger partial charge in [-0.05, 0) is 18.1 Å². The summed E-state index contributed by atoms with van der Waals surface area (Å²) in [5.74, 6) is -1.39. The van der Waals surface area contributed by atoms with Crippen LogP contribution < -0.4 is 10.9 Å². The number of hydrogen-bond donors (Lipinski definition) is 1. The molecule has 0 aliphatic carbocycles. The molecule has 4 nitrogen and oxygen atoms in total.